The van der Waals surface area contributed by atoms with Crippen LogP contribution in [0.4, 0.5) is 0 Å². The Kier molecular flexibility index (Phi) is 7.02. The van der Waals surface area contributed by atoms with Crippen molar-refractivity contribution < 1.29 is 4.74 Å². The number of nitrogens with zero attached hydrogens (tertiary/aromatic N) is 3. The van der Waals surface area contributed by atoms with Gasteiger partial charge in [-0.05, 0) is 38.6 Å². The molecule has 5 heteroatoms. The summed E-state index contributed by atoms with van der Waals surface area (Å²) in [6.45, 7) is 8.02. The third-order valence-corrected chi connectivity index (χ3v) is 3.37. The molecule has 1 heterocycles. The fourth-order valence-corrected chi connectivity index (χ4v) is 2.13. The third-order valence-electron chi connectivity index (χ3n) is 3.37. The summed E-state index contributed by atoms with van der Waals surface area (Å²) in [5.74, 6) is 0.684. The number of rotatable bonds is 9. The maximum atomic E-state index is 5.65. The molecule has 0 saturated carbocycles. The number of nitrogens with two attached hydrogens (primary N) is 1. The second-order valence-electron chi connectivity index (χ2n) is 5.53. The van der Waals surface area contributed by atoms with Crippen molar-refractivity contribution in [1.29, 1.82) is 0 Å². The van der Waals surface area contributed by atoms with Crippen molar-refractivity contribution in [3.05, 3.63) is 11.4 Å². The van der Waals surface area contributed by atoms with Crippen LogP contribution in [0.2, 0.25) is 0 Å². The molecule has 0 spiro atoms. The summed E-state index contributed by atoms with van der Waals surface area (Å²) in [6, 6.07) is 0.320. The van der Waals surface area contributed by atoms with Crippen molar-refractivity contribution >= 4 is 0 Å². The van der Waals surface area contributed by atoms with Crippen molar-refractivity contribution in [1.82, 2.24) is 15.0 Å². The smallest absolute Gasteiger partial charge is 0.0871 e. The first-order valence-electron chi connectivity index (χ1n) is 7.22. The standard InChI is InChI=1S/C14H28N4O/c1-11(2)5-6-14-13(7-9-15)16-17-18(14)12(3)8-10-19-4/h11-12H,5-10,15H2,1-4H3. The van der Waals surface area contributed by atoms with Crippen LogP contribution in [-0.2, 0) is 17.6 Å². The van der Waals surface area contributed by atoms with Crippen LogP contribution >= 0.6 is 0 Å². The van der Waals surface area contributed by atoms with Gasteiger partial charge in [0.25, 0.3) is 0 Å². The molecule has 110 valence electrons. The van der Waals surface area contributed by atoms with E-state index in [2.05, 4.69) is 35.8 Å². The first kappa shape index (κ1) is 16.1. The molecule has 0 aliphatic rings. The highest BCUT2D eigenvalue weighted by Gasteiger charge is 2.16. The summed E-state index contributed by atoms with van der Waals surface area (Å²) in [4.78, 5) is 0. The van der Waals surface area contributed by atoms with Crippen LogP contribution < -0.4 is 5.73 Å². The van der Waals surface area contributed by atoms with E-state index in [1.807, 2.05) is 0 Å². The lowest BCUT2D eigenvalue weighted by molar-refractivity contribution is 0.177. The van der Waals surface area contributed by atoms with E-state index in [4.69, 9.17) is 10.5 Å². The highest BCUT2D eigenvalue weighted by atomic mass is 16.5. The highest BCUT2D eigenvalue weighted by molar-refractivity contribution is 5.12. The molecule has 0 aliphatic carbocycles. The summed E-state index contributed by atoms with van der Waals surface area (Å²) in [5.41, 5.74) is 7.97. The Morgan fingerprint density at radius 3 is 2.53 bits per heavy atom. The van der Waals surface area contributed by atoms with Crippen molar-refractivity contribution in [2.75, 3.05) is 20.3 Å². The minimum absolute atomic E-state index is 0.320. The van der Waals surface area contributed by atoms with Crippen molar-refractivity contribution in [3.63, 3.8) is 0 Å². The average Bonchev–Trinajstić information content (AvgIpc) is 2.77. The summed E-state index contributed by atoms with van der Waals surface area (Å²) >= 11 is 0. The molecule has 1 aromatic rings. The second kappa shape index (κ2) is 8.27. The van der Waals surface area contributed by atoms with E-state index in [0.29, 0.717) is 18.5 Å². The van der Waals surface area contributed by atoms with Gasteiger partial charge in [-0.3, -0.25) is 0 Å². The number of hydrogen-bond acceptors (Lipinski definition) is 4. The zero-order valence-corrected chi connectivity index (χ0v) is 12.7. The summed E-state index contributed by atoms with van der Waals surface area (Å²) in [7, 11) is 1.73. The largest absolute Gasteiger partial charge is 0.385 e. The number of ether oxygens (including phenoxy) is 1. The summed E-state index contributed by atoms with van der Waals surface area (Å²) < 4.78 is 7.21. The minimum atomic E-state index is 0.320. The molecule has 1 unspecified atom stereocenters. The number of hydrogen-bond donors (Lipinski definition) is 1. The fraction of sp³-hybridized carbons (Fsp3) is 0.857. The Morgan fingerprint density at radius 1 is 1.21 bits per heavy atom. The molecule has 2 N–H and O–H groups in total. The SMILES string of the molecule is COCCC(C)n1nnc(CCN)c1CCC(C)C. The van der Waals surface area contributed by atoms with Gasteiger partial charge >= 0.3 is 0 Å². The predicted molar refractivity (Wildman–Crippen MR) is 77.1 cm³/mol. The van der Waals surface area contributed by atoms with E-state index < -0.39 is 0 Å². The van der Waals surface area contributed by atoms with Gasteiger partial charge in [-0.1, -0.05) is 19.1 Å². The molecule has 0 amide bonds. The van der Waals surface area contributed by atoms with Gasteiger partial charge < -0.3 is 10.5 Å². The normalized spacial score (nSPS) is 13.2. The van der Waals surface area contributed by atoms with Crippen molar-refractivity contribution in [2.24, 2.45) is 11.7 Å². The molecule has 1 aromatic heterocycles. The predicted octanol–water partition coefficient (Wildman–Crippen LogP) is 1.97. The van der Waals surface area contributed by atoms with Crippen molar-refractivity contribution in [2.45, 2.75) is 52.5 Å². The van der Waals surface area contributed by atoms with E-state index in [1.165, 1.54) is 5.69 Å². The van der Waals surface area contributed by atoms with Gasteiger partial charge in [0.15, 0.2) is 0 Å². The van der Waals surface area contributed by atoms with E-state index in [1.54, 1.807) is 7.11 Å². The highest BCUT2D eigenvalue weighted by Crippen LogP contribution is 2.18. The quantitative estimate of drug-likeness (QED) is 0.743. The molecule has 5 nitrogen and oxygen atoms in total. The Hall–Kier alpha value is -0.940. The van der Waals surface area contributed by atoms with Gasteiger partial charge in [0, 0.05) is 20.1 Å². The molecule has 1 rings (SSSR count). The van der Waals surface area contributed by atoms with Gasteiger partial charge in [-0.15, -0.1) is 5.10 Å². The molecular formula is C14H28N4O. The van der Waals surface area contributed by atoms with Crippen LogP contribution in [0.3, 0.4) is 0 Å². The minimum Gasteiger partial charge on any atom is -0.385 e. The van der Waals surface area contributed by atoms with E-state index in [-0.39, 0.29) is 0 Å². The molecule has 0 aromatic carbocycles. The molecule has 0 bridgehead atoms. The first-order valence-corrected chi connectivity index (χ1v) is 7.22. The van der Waals surface area contributed by atoms with Gasteiger partial charge in [0.2, 0.25) is 0 Å². The molecule has 19 heavy (non-hydrogen) atoms. The van der Waals surface area contributed by atoms with Crippen LogP contribution in [0.5, 0.6) is 0 Å². The average molecular weight is 268 g/mol. The topological polar surface area (TPSA) is 66.0 Å². The van der Waals surface area contributed by atoms with E-state index in [0.717, 1.165) is 38.0 Å². The molecule has 1 atom stereocenters. The van der Waals surface area contributed by atoms with E-state index >= 15 is 0 Å². The van der Waals surface area contributed by atoms with Gasteiger partial charge in [0.1, 0.15) is 0 Å². The third kappa shape index (κ3) is 4.91. The van der Waals surface area contributed by atoms with Crippen LogP contribution in [-0.4, -0.2) is 35.3 Å². The Morgan fingerprint density at radius 2 is 1.95 bits per heavy atom. The monoisotopic (exact) mass is 268 g/mol. The zero-order chi connectivity index (χ0) is 14.3. The van der Waals surface area contributed by atoms with E-state index in [9.17, 15) is 0 Å². The van der Waals surface area contributed by atoms with Gasteiger partial charge in [-0.25, -0.2) is 4.68 Å². The zero-order valence-electron chi connectivity index (χ0n) is 12.7. The lowest BCUT2D eigenvalue weighted by Crippen LogP contribution is -2.14. The van der Waals surface area contributed by atoms with Gasteiger partial charge in [0.05, 0.1) is 17.4 Å². The maximum Gasteiger partial charge on any atom is 0.0871 e. The van der Waals surface area contributed by atoms with Gasteiger partial charge in [-0.2, -0.15) is 0 Å². The lowest BCUT2D eigenvalue weighted by atomic mass is 10.0. The Labute approximate surface area is 116 Å². The van der Waals surface area contributed by atoms with Crippen molar-refractivity contribution in [3.8, 4) is 0 Å². The first-order chi connectivity index (χ1) is 9.10. The Bertz CT molecular complexity index is 362. The fourth-order valence-electron chi connectivity index (χ4n) is 2.13. The summed E-state index contributed by atoms with van der Waals surface area (Å²) in [6.07, 6.45) is 3.94. The van der Waals surface area contributed by atoms with Crippen LogP contribution in [0.1, 0.15) is 51.0 Å². The molecule has 0 radical (unpaired) electrons. The lowest BCUT2D eigenvalue weighted by Gasteiger charge is -2.15. The second-order valence-corrected chi connectivity index (χ2v) is 5.53. The van der Waals surface area contributed by atoms with Crippen LogP contribution in [0, 0.1) is 5.92 Å². The molecule has 0 saturated heterocycles. The Balaban J connectivity index is 2.83. The van der Waals surface area contributed by atoms with Crippen LogP contribution in [0.25, 0.3) is 0 Å². The summed E-state index contributed by atoms with van der Waals surface area (Å²) in [5, 5.41) is 8.63. The molecule has 0 fully saturated rings. The molecular weight excluding hydrogens is 240 g/mol. The number of methoxy groups -OCH3 is 1. The number of aromatic nitrogens is 3. The van der Waals surface area contributed by atoms with Crippen LogP contribution in [0.15, 0.2) is 0 Å². The maximum absolute atomic E-state index is 5.65. The molecule has 0 aliphatic heterocycles.